The maximum atomic E-state index is 2.77. The first-order valence-electron chi connectivity index (χ1n) is 21.4. The van der Waals surface area contributed by atoms with E-state index in [0.717, 1.165) is 12.8 Å². The molecule has 1 spiro atoms. The van der Waals surface area contributed by atoms with Crippen LogP contribution in [0.25, 0.3) is 66.0 Å². The first-order valence-corrected chi connectivity index (χ1v) is 21.4. The van der Waals surface area contributed by atoms with E-state index in [1.54, 1.807) is 0 Å². The van der Waals surface area contributed by atoms with Crippen molar-refractivity contribution in [2.24, 2.45) is 10.8 Å². The number of aryl methyl sites for hydroxylation is 1. The van der Waals surface area contributed by atoms with Gasteiger partial charge in [0.2, 0.25) is 0 Å². The fourth-order valence-corrected chi connectivity index (χ4v) is 12.7. The lowest BCUT2D eigenvalue weighted by Gasteiger charge is -2.44. The van der Waals surface area contributed by atoms with Gasteiger partial charge < -0.3 is 9.13 Å². The zero-order valence-corrected chi connectivity index (χ0v) is 34.9. The van der Waals surface area contributed by atoms with Crippen molar-refractivity contribution in [2.45, 2.75) is 73.6 Å². The van der Waals surface area contributed by atoms with Gasteiger partial charge in [-0.3, -0.25) is 0 Å². The van der Waals surface area contributed by atoms with Gasteiger partial charge in [-0.15, -0.1) is 0 Å². The van der Waals surface area contributed by atoms with Crippen LogP contribution in [0.5, 0.6) is 0 Å². The van der Waals surface area contributed by atoms with Crippen LogP contribution in [0.1, 0.15) is 86.2 Å². The van der Waals surface area contributed by atoms with Crippen molar-refractivity contribution in [1.82, 2.24) is 9.13 Å². The smallest absolute Gasteiger partial charge is 0.252 e. The Labute approximate surface area is 341 Å². The molecule has 5 heterocycles. The summed E-state index contributed by atoms with van der Waals surface area (Å²) in [5, 5.41) is 6.91. The number of nitrogens with zero attached hydrogens (tertiary/aromatic N) is 2. The third-order valence-corrected chi connectivity index (χ3v) is 14.4. The summed E-state index contributed by atoms with van der Waals surface area (Å²) in [6.07, 6.45) is 2.04. The molecule has 0 unspecified atom stereocenters. The van der Waals surface area contributed by atoms with Crippen LogP contribution in [0.4, 0.5) is 0 Å². The Morgan fingerprint density at radius 3 is 1.83 bits per heavy atom. The zero-order chi connectivity index (χ0) is 39.4. The van der Waals surface area contributed by atoms with Gasteiger partial charge in [0, 0.05) is 44.3 Å². The molecule has 58 heavy (non-hydrogen) atoms. The minimum absolute atomic E-state index is 0.0945. The largest absolute Gasteiger partial charge is 0.315 e. The lowest BCUT2D eigenvalue weighted by molar-refractivity contribution is 0.411. The molecule has 280 valence electrons. The first-order chi connectivity index (χ1) is 27.8. The molecule has 0 saturated carbocycles. The fraction of sp³-hybridized carbons (Fsp3) is 0.236. The summed E-state index contributed by atoms with van der Waals surface area (Å²) < 4.78 is 5.41. The van der Waals surface area contributed by atoms with Crippen LogP contribution in [-0.4, -0.2) is 15.8 Å². The van der Waals surface area contributed by atoms with E-state index in [9.17, 15) is 0 Å². The SMILES string of the molecule is Cc1c(C)n2c3c(cc4ccccc4c13)B1c3c-2ccc2c3-n3c4c1cc(CC(C)(C)C)cc4c1cc(CC(C)(C)C)cc(c13)C21c2ccccc2-c2ccccc21. The molecule has 2 aromatic heterocycles. The van der Waals surface area contributed by atoms with Crippen LogP contribution in [0, 0.1) is 24.7 Å². The maximum absolute atomic E-state index is 2.77. The van der Waals surface area contributed by atoms with Crippen molar-refractivity contribution >= 4 is 66.6 Å². The molecule has 3 heteroatoms. The number of hydrogen-bond acceptors (Lipinski definition) is 0. The summed E-state index contributed by atoms with van der Waals surface area (Å²) in [7, 11) is 0. The number of benzene rings is 7. The minimum Gasteiger partial charge on any atom is -0.315 e. The Morgan fingerprint density at radius 2 is 1.14 bits per heavy atom. The minimum atomic E-state index is -0.467. The van der Waals surface area contributed by atoms with Crippen LogP contribution in [0.2, 0.25) is 0 Å². The second-order valence-corrected chi connectivity index (χ2v) is 20.6. The Hall–Kier alpha value is -5.80. The Balaban J connectivity index is 1.30. The molecular weight excluding hydrogens is 699 g/mol. The first kappa shape index (κ1) is 33.2. The van der Waals surface area contributed by atoms with Crippen molar-refractivity contribution in [1.29, 1.82) is 0 Å². The average molecular weight is 747 g/mol. The van der Waals surface area contributed by atoms with Gasteiger partial charge in [-0.05, 0) is 133 Å². The molecule has 1 aliphatic carbocycles. The lowest BCUT2D eigenvalue weighted by atomic mass is 9.33. The molecule has 4 aliphatic rings. The quantitative estimate of drug-likeness (QED) is 0.156. The van der Waals surface area contributed by atoms with E-state index in [2.05, 4.69) is 180 Å². The predicted molar refractivity (Wildman–Crippen MR) is 246 cm³/mol. The van der Waals surface area contributed by atoms with Crippen LogP contribution in [0.15, 0.2) is 115 Å². The average Bonchev–Trinajstić information content (AvgIpc) is 3.77. The third kappa shape index (κ3) is 3.83. The summed E-state index contributed by atoms with van der Waals surface area (Å²) in [5.41, 5.74) is 25.1. The Kier molecular flexibility index (Phi) is 5.97. The van der Waals surface area contributed by atoms with Crippen molar-refractivity contribution in [3.63, 3.8) is 0 Å². The van der Waals surface area contributed by atoms with Crippen LogP contribution >= 0.6 is 0 Å². The summed E-state index contributed by atoms with van der Waals surface area (Å²) in [6.45, 7) is 19.1. The summed E-state index contributed by atoms with van der Waals surface area (Å²) in [6, 6.07) is 45.8. The molecular formula is C55H47BN2. The van der Waals surface area contributed by atoms with Gasteiger partial charge in [0.15, 0.2) is 0 Å². The standard InChI is InChI=1S/C55H47BN2/c1-30-31(2)57-46-22-21-42-51-48(46)56(45-27-34-15-9-10-16-35(34)47(30)52(45)57)44-26-33(29-54(6,7)8)24-39-38-23-32(28-53(3,4)5)25-43(49(38)58(51)50(39)44)55(42)40-19-13-11-17-36(40)37-18-12-14-20-41(37)55/h9-27H,28-29H2,1-8H3. The molecule has 9 aromatic rings. The highest BCUT2D eigenvalue weighted by molar-refractivity contribution is 7.00. The maximum Gasteiger partial charge on any atom is 0.252 e. The highest BCUT2D eigenvalue weighted by Gasteiger charge is 2.54. The van der Waals surface area contributed by atoms with E-state index < -0.39 is 5.41 Å². The monoisotopic (exact) mass is 746 g/mol. The molecule has 0 saturated heterocycles. The summed E-state index contributed by atoms with van der Waals surface area (Å²) >= 11 is 0. The molecule has 13 rings (SSSR count). The zero-order valence-electron chi connectivity index (χ0n) is 34.9. The fourth-order valence-electron chi connectivity index (χ4n) is 12.7. The van der Waals surface area contributed by atoms with E-state index in [-0.39, 0.29) is 17.5 Å². The highest BCUT2D eigenvalue weighted by atomic mass is 15.1. The van der Waals surface area contributed by atoms with Gasteiger partial charge >= 0.3 is 0 Å². The molecule has 2 nitrogen and oxygen atoms in total. The van der Waals surface area contributed by atoms with Gasteiger partial charge in [-0.25, -0.2) is 0 Å². The van der Waals surface area contributed by atoms with E-state index in [1.165, 1.54) is 127 Å². The molecule has 0 fully saturated rings. The highest BCUT2D eigenvalue weighted by Crippen LogP contribution is 2.62. The molecule has 0 atom stereocenters. The summed E-state index contributed by atoms with van der Waals surface area (Å²) in [4.78, 5) is 0. The van der Waals surface area contributed by atoms with Gasteiger partial charge in [0.25, 0.3) is 6.71 Å². The van der Waals surface area contributed by atoms with E-state index in [4.69, 9.17) is 0 Å². The molecule has 3 aliphatic heterocycles. The number of rotatable bonds is 2. The molecule has 7 aromatic carbocycles. The molecule has 0 radical (unpaired) electrons. The normalized spacial score (nSPS) is 15.1. The molecule has 0 amide bonds. The Bertz CT molecular complexity index is 3340. The van der Waals surface area contributed by atoms with Gasteiger partial charge in [-0.1, -0.05) is 139 Å². The van der Waals surface area contributed by atoms with E-state index in [0.29, 0.717) is 0 Å². The molecule has 0 bridgehead atoms. The van der Waals surface area contributed by atoms with Crippen LogP contribution in [-0.2, 0) is 18.3 Å². The van der Waals surface area contributed by atoms with Crippen LogP contribution < -0.4 is 16.4 Å². The summed E-state index contributed by atoms with van der Waals surface area (Å²) in [5.74, 6) is 0. The number of aromatic nitrogens is 2. The third-order valence-electron chi connectivity index (χ3n) is 14.4. The van der Waals surface area contributed by atoms with Crippen molar-refractivity contribution in [3.8, 4) is 22.5 Å². The van der Waals surface area contributed by atoms with Crippen molar-refractivity contribution in [2.75, 3.05) is 0 Å². The number of fused-ring (bicyclic) bond motifs is 13. The second-order valence-electron chi connectivity index (χ2n) is 20.6. The lowest BCUT2D eigenvalue weighted by Crippen LogP contribution is -2.60. The molecule has 0 N–H and O–H groups in total. The van der Waals surface area contributed by atoms with Crippen LogP contribution in [0.3, 0.4) is 0 Å². The van der Waals surface area contributed by atoms with E-state index >= 15 is 0 Å². The van der Waals surface area contributed by atoms with Crippen molar-refractivity contribution in [3.05, 3.63) is 160 Å². The predicted octanol–water partition coefficient (Wildman–Crippen LogP) is 11.5. The van der Waals surface area contributed by atoms with Gasteiger partial charge in [0.1, 0.15) is 0 Å². The van der Waals surface area contributed by atoms with Gasteiger partial charge in [0.05, 0.1) is 10.9 Å². The number of hydrogen-bond donors (Lipinski definition) is 0. The Morgan fingerprint density at radius 1 is 0.534 bits per heavy atom. The van der Waals surface area contributed by atoms with Gasteiger partial charge in [-0.2, -0.15) is 0 Å². The topological polar surface area (TPSA) is 9.86 Å². The van der Waals surface area contributed by atoms with E-state index in [1.807, 2.05) is 0 Å². The second kappa shape index (κ2) is 10.4. The van der Waals surface area contributed by atoms with Crippen molar-refractivity contribution < 1.29 is 0 Å².